The van der Waals surface area contributed by atoms with Crippen molar-refractivity contribution in [1.82, 2.24) is 9.88 Å². The van der Waals surface area contributed by atoms with Gasteiger partial charge in [-0.25, -0.2) is 4.98 Å². The van der Waals surface area contributed by atoms with Crippen molar-refractivity contribution < 1.29 is 4.79 Å². The fourth-order valence-electron chi connectivity index (χ4n) is 2.81. The molecule has 1 aromatic heterocycles. The molecule has 0 bridgehead atoms. The molecule has 0 spiro atoms. The van der Waals surface area contributed by atoms with Gasteiger partial charge in [0.2, 0.25) is 0 Å². The van der Waals surface area contributed by atoms with Crippen molar-refractivity contribution >= 4 is 23.0 Å². The van der Waals surface area contributed by atoms with Crippen molar-refractivity contribution in [3.8, 4) is 0 Å². The Morgan fingerprint density at radius 1 is 1.04 bits per heavy atom. The second-order valence-electron chi connectivity index (χ2n) is 6.59. The lowest BCUT2D eigenvalue weighted by atomic mass is 10.2. The summed E-state index contributed by atoms with van der Waals surface area (Å²) in [5.74, 6) is -0.192. The minimum Gasteiger partial charge on any atom is -0.378 e. The number of hydrogen-bond acceptors (Lipinski definition) is 5. The van der Waals surface area contributed by atoms with Gasteiger partial charge in [0.05, 0.1) is 11.9 Å². The number of benzene rings is 1. The van der Waals surface area contributed by atoms with Gasteiger partial charge in [-0.3, -0.25) is 4.79 Å². The first kappa shape index (κ1) is 17.2. The molecule has 1 aliphatic rings. The number of carbonyl (C=O) groups is 1. The molecule has 1 aromatic carbocycles. The Hall–Kier alpha value is -2.60. The van der Waals surface area contributed by atoms with Crippen LogP contribution in [0, 0.1) is 0 Å². The normalized spacial score (nSPS) is 15.1. The number of nitrogens with zero attached hydrogens (tertiary/aromatic N) is 4. The highest BCUT2D eigenvalue weighted by Crippen LogP contribution is 2.18. The van der Waals surface area contributed by atoms with Crippen LogP contribution in [0.1, 0.15) is 10.5 Å². The van der Waals surface area contributed by atoms with E-state index in [4.69, 9.17) is 0 Å². The maximum absolute atomic E-state index is 12.4. The zero-order valence-corrected chi connectivity index (χ0v) is 15.1. The molecule has 1 aliphatic heterocycles. The minimum absolute atomic E-state index is 0.192. The summed E-state index contributed by atoms with van der Waals surface area (Å²) >= 11 is 0. The summed E-state index contributed by atoms with van der Waals surface area (Å²) in [5, 5.41) is 2.89. The third-order valence-corrected chi connectivity index (χ3v) is 4.49. The lowest BCUT2D eigenvalue weighted by Crippen LogP contribution is -2.44. The Balaban J connectivity index is 1.62. The molecular formula is C19H25N5O. The lowest BCUT2D eigenvalue weighted by Gasteiger charge is -2.33. The number of hydrogen-bond donors (Lipinski definition) is 1. The lowest BCUT2D eigenvalue weighted by molar-refractivity contribution is 0.102. The molecule has 1 fully saturated rings. The van der Waals surface area contributed by atoms with Crippen LogP contribution in [-0.2, 0) is 0 Å². The van der Waals surface area contributed by atoms with Gasteiger partial charge in [0.25, 0.3) is 5.91 Å². The van der Waals surface area contributed by atoms with Gasteiger partial charge in [-0.05, 0) is 43.4 Å². The average Bonchev–Trinajstić information content (AvgIpc) is 2.63. The summed E-state index contributed by atoms with van der Waals surface area (Å²) in [6.45, 7) is 4.07. The van der Waals surface area contributed by atoms with Gasteiger partial charge < -0.3 is 20.0 Å². The number of nitrogens with one attached hydrogen (secondary N) is 1. The molecule has 0 unspecified atom stereocenters. The number of piperazine rings is 1. The maximum atomic E-state index is 12.4. The van der Waals surface area contributed by atoms with Crippen LogP contribution in [0.5, 0.6) is 0 Å². The van der Waals surface area contributed by atoms with Crippen molar-refractivity contribution in [3.05, 3.63) is 48.3 Å². The molecular weight excluding hydrogens is 314 g/mol. The standard InChI is InChI=1S/C19H25N5O/c1-22(2)16-6-4-15(5-7-16)21-19(25)18-9-8-17(14-20-18)24-12-10-23(3)11-13-24/h4-9,14H,10-13H2,1-3H3,(H,21,25). The molecule has 25 heavy (non-hydrogen) atoms. The highest BCUT2D eigenvalue weighted by molar-refractivity contribution is 6.03. The highest BCUT2D eigenvalue weighted by Gasteiger charge is 2.15. The number of aromatic nitrogens is 1. The largest absolute Gasteiger partial charge is 0.378 e. The molecule has 1 saturated heterocycles. The second-order valence-corrected chi connectivity index (χ2v) is 6.59. The van der Waals surface area contributed by atoms with Crippen LogP contribution in [0.25, 0.3) is 0 Å². The van der Waals surface area contributed by atoms with E-state index in [1.807, 2.05) is 49.3 Å². The Morgan fingerprint density at radius 2 is 1.72 bits per heavy atom. The monoisotopic (exact) mass is 339 g/mol. The summed E-state index contributed by atoms with van der Waals surface area (Å²) in [5.41, 5.74) is 3.35. The van der Waals surface area contributed by atoms with Crippen LogP contribution in [0.15, 0.2) is 42.6 Å². The zero-order chi connectivity index (χ0) is 17.8. The predicted molar refractivity (Wildman–Crippen MR) is 103 cm³/mol. The van der Waals surface area contributed by atoms with Gasteiger partial charge in [-0.1, -0.05) is 0 Å². The van der Waals surface area contributed by atoms with E-state index >= 15 is 0 Å². The van der Waals surface area contributed by atoms with E-state index in [2.05, 4.69) is 27.1 Å². The molecule has 1 amide bonds. The number of amides is 1. The van der Waals surface area contributed by atoms with E-state index in [0.29, 0.717) is 5.69 Å². The number of pyridine rings is 1. The quantitative estimate of drug-likeness (QED) is 0.925. The molecule has 2 heterocycles. The summed E-state index contributed by atoms with van der Waals surface area (Å²) < 4.78 is 0. The smallest absolute Gasteiger partial charge is 0.274 e. The van der Waals surface area contributed by atoms with E-state index in [9.17, 15) is 4.79 Å². The Kier molecular flexibility index (Phi) is 5.19. The summed E-state index contributed by atoms with van der Waals surface area (Å²) in [6.07, 6.45) is 1.79. The zero-order valence-electron chi connectivity index (χ0n) is 15.1. The molecule has 2 aromatic rings. The van der Waals surface area contributed by atoms with Gasteiger partial charge >= 0.3 is 0 Å². The summed E-state index contributed by atoms with van der Waals surface area (Å²) in [4.78, 5) is 23.3. The maximum Gasteiger partial charge on any atom is 0.274 e. The number of rotatable bonds is 4. The first-order chi connectivity index (χ1) is 12.0. The first-order valence-corrected chi connectivity index (χ1v) is 8.51. The van der Waals surface area contributed by atoms with E-state index < -0.39 is 0 Å². The molecule has 3 rings (SSSR count). The van der Waals surface area contributed by atoms with Crippen LogP contribution in [0.2, 0.25) is 0 Å². The van der Waals surface area contributed by atoms with E-state index in [0.717, 1.165) is 43.2 Å². The van der Waals surface area contributed by atoms with Gasteiger partial charge in [0, 0.05) is 51.6 Å². The molecule has 0 radical (unpaired) electrons. The highest BCUT2D eigenvalue weighted by atomic mass is 16.1. The topological polar surface area (TPSA) is 51.7 Å². The molecule has 0 saturated carbocycles. The fraction of sp³-hybridized carbons (Fsp3) is 0.368. The van der Waals surface area contributed by atoms with Crippen molar-refractivity contribution in [3.63, 3.8) is 0 Å². The van der Waals surface area contributed by atoms with Crippen molar-refractivity contribution in [2.75, 3.05) is 62.4 Å². The predicted octanol–water partition coefficient (Wildman–Crippen LogP) is 2.15. The summed E-state index contributed by atoms with van der Waals surface area (Å²) in [7, 11) is 6.10. The third kappa shape index (κ3) is 4.28. The van der Waals surface area contributed by atoms with E-state index in [1.165, 1.54) is 0 Å². The van der Waals surface area contributed by atoms with Gasteiger partial charge in [-0.15, -0.1) is 0 Å². The molecule has 1 N–H and O–H groups in total. The van der Waals surface area contributed by atoms with E-state index in [-0.39, 0.29) is 5.91 Å². The van der Waals surface area contributed by atoms with Crippen molar-refractivity contribution in [2.45, 2.75) is 0 Å². The van der Waals surface area contributed by atoms with E-state index in [1.54, 1.807) is 12.3 Å². The Morgan fingerprint density at radius 3 is 2.28 bits per heavy atom. The van der Waals surface area contributed by atoms with Crippen molar-refractivity contribution in [2.24, 2.45) is 0 Å². The van der Waals surface area contributed by atoms with Crippen molar-refractivity contribution in [1.29, 1.82) is 0 Å². The number of likely N-dealkylation sites (N-methyl/N-ethyl adjacent to an activating group) is 1. The minimum atomic E-state index is -0.192. The van der Waals surface area contributed by atoms with Crippen LogP contribution >= 0.6 is 0 Å². The van der Waals surface area contributed by atoms with Gasteiger partial charge in [0.15, 0.2) is 0 Å². The molecule has 6 heteroatoms. The summed E-state index contributed by atoms with van der Waals surface area (Å²) in [6, 6.07) is 11.5. The molecule has 6 nitrogen and oxygen atoms in total. The van der Waals surface area contributed by atoms with Crippen LogP contribution in [0.4, 0.5) is 17.1 Å². The number of anilines is 3. The van der Waals surface area contributed by atoms with Gasteiger partial charge in [-0.2, -0.15) is 0 Å². The third-order valence-electron chi connectivity index (χ3n) is 4.49. The Labute approximate surface area is 149 Å². The average molecular weight is 339 g/mol. The molecule has 132 valence electrons. The van der Waals surface area contributed by atoms with Crippen LogP contribution in [-0.4, -0.2) is 63.1 Å². The van der Waals surface area contributed by atoms with Crippen LogP contribution in [0.3, 0.4) is 0 Å². The Bertz CT molecular complexity index is 704. The van der Waals surface area contributed by atoms with Crippen LogP contribution < -0.4 is 15.1 Å². The molecule has 0 aliphatic carbocycles. The first-order valence-electron chi connectivity index (χ1n) is 8.51. The van der Waals surface area contributed by atoms with Gasteiger partial charge in [0.1, 0.15) is 5.69 Å². The number of carbonyl (C=O) groups excluding carboxylic acids is 1. The SMILES string of the molecule is CN1CCN(c2ccc(C(=O)Nc3ccc(N(C)C)cc3)nc2)CC1. The fourth-order valence-corrected chi connectivity index (χ4v) is 2.81. The molecule has 0 atom stereocenters. The second kappa shape index (κ2) is 7.53.